The van der Waals surface area contributed by atoms with Crippen LogP contribution in [0.5, 0.6) is 5.75 Å². The van der Waals surface area contributed by atoms with Crippen molar-refractivity contribution in [3.8, 4) is 5.75 Å². The number of ether oxygens (including phenoxy) is 1. The fourth-order valence-electron chi connectivity index (χ4n) is 2.91. The zero-order valence-corrected chi connectivity index (χ0v) is 20.1. The Morgan fingerprint density at radius 2 is 1.68 bits per heavy atom. The van der Waals surface area contributed by atoms with Gasteiger partial charge < -0.3 is 15.0 Å². The molecule has 2 aromatic carbocycles. The van der Waals surface area contributed by atoms with Crippen molar-refractivity contribution >= 4 is 46.6 Å². The van der Waals surface area contributed by atoms with Crippen molar-refractivity contribution in [1.29, 1.82) is 0 Å². The van der Waals surface area contributed by atoms with E-state index in [-0.39, 0.29) is 30.8 Å². The van der Waals surface area contributed by atoms with Gasteiger partial charge in [-0.1, -0.05) is 40.9 Å². The largest absolute Gasteiger partial charge is 0.494 e. The first kappa shape index (κ1) is 25.3. The van der Waals surface area contributed by atoms with Crippen molar-refractivity contribution in [2.75, 3.05) is 6.61 Å². The molecule has 31 heavy (non-hydrogen) atoms. The van der Waals surface area contributed by atoms with Crippen molar-refractivity contribution in [2.45, 2.75) is 52.2 Å². The number of nitrogens with zero attached hydrogens (tertiary/aromatic N) is 1. The molecule has 0 aliphatic carbocycles. The van der Waals surface area contributed by atoms with E-state index in [9.17, 15) is 9.59 Å². The Morgan fingerprint density at radius 1 is 1.00 bits per heavy atom. The predicted molar refractivity (Wildman–Crippen MR) is 126 cm³/mol. The molecule has 0 spiro atoms. The topological polar surface area (TPSA) is 58.6 Å². The minimum atomic E-state index is -0.637. The molecule has 0 unspecified atom stereocenters. The van der Waals surface area contributed by atoms with Crippen LogP contribution in [0.4, 0.5) is 0 Å². The average Bonchev–Trinajstić information content (AvgIpc) is 2.72. The second kappa shape index (κ2) is 12.2. The Kier molecular flexibility index (Phi) is 9.94. The maximum absolute atomic E-state index is 13.0. The summed E-state index contributed by atoms with van der Waals surface area (Å²) in [4.78, 5) is 27.1. The summed E-state index contributed by atoms with van der Waals surface area (Å²) in [5, 5.41) is 4.34. The zero-order chi connectivity index (χ0) is 23.0. The van der Waals surface area contributed by atoms with Gasteiger partial charge >= 0.3 is 0 Å². The van der Waals surface area contributed by atoms with E-state index in [0.29, 0.717) is 33.8 Å². The number of carbonyl (C=O) groups is 2. The summed E-state index contributed by atoms with van der Waals surface area (Å²) < 4.78 is 5.66. The van der Waals surface area contributed by atoms with Crippen molar-refractivity contribution in [3.05, 3.63) is 63.1 Å². The fourth-order valence-corrected chi connectivity index (χ4v) is 3.36. The third-order valence-corrected chi connectivity index (χ3v) is 5.54. The summed E-state index contributed by atoms with van der Waals surface area (Å²) in [6, 6.07) is 11.6. The van der Waals surface area contributed by atoms with Gasteiger partial charge in [-0.3, -0.25) is 9.59 Å². The molecule has 0 saturated carbocycles. The Labute approximate surface area is 198 Å². The summed E-state index contributed by atoms with van der Waals surface area (Å²) in [6.45, 7) is 6.10. The molecule has 8 heteroatoms. The first-order valence-corrected chi connectivity index (χ1v) is 11.2. The minimum Gasteiger partial charge on any atom is -0.494 e. The van der Waals surface area contributed by atoms with Crippen molar-refractivity contribution in [3.63, 3.8) is 0 Å². The molecule has 0 saturated heterocycles. The van der Waals surface area contributed by atoms with Gasteiger partial charge in [0.05, 0.1) is 16.7 Å². The van der Waals surface area contributed by atoms with E-state index in [2.05, 4.69) is 5.32 Å². The Balaban J connectivity index is 2.02. The summed E-state index contributed by atoms with van der Waals surface area (Å²) in [6.07, 6.45) is 0.756. The van der Waals surface area contributed by atoms with E-state index < -0.39 is 6.04 Å². The third kappa shape index (κ3) is 8.24. The molecule has 2 aromatic rings. The van der Waals surface area contributed by atoms with E-state index in [1.54, 1.807) is 54.3 Å². The van der Waals surface area contributed by atoms with Crippen LogP contribution in [0.2, 0.25) is 15.1 Å². The lowest BCUT2D eigenvalue weighted by molar-refractivity contribution is -0.141. The van der Waals surface area contributed by atoms with Crippen molar-refractivity contribution < 1.29 is 14.3 Å². The van der Waals surface area contributed by atoms with E-state index >= 15 is 0 Å². The minimum absolute atomic E-state index is 0.0235. The van der Waals surface area contributed by atoms with E-state index in [1.165, 1.54) is 0 Å². The molecule has 5 nitrogen and oxygen atoms in total. The highest BCUT2D eigenvalue weighted by atomic mass is 35.5. The summed E-state index contributed by atoms with van der Waals surface area (Å²) in [5.41, 5.74) is 0.796. The van der Waals surface area contributed by atoms with Crippen molar-refractivity contribution in [2.24, 2.45) is 0 Å². The first-order valence-electron chi connectivity index (χ1n) is 10.1. The van der Waals surface area contributed by atoms with Crippen LogP contribution in [-0.2, 0) is 16.1 Å². The Bertz CT molecular complexity index is 888. The monoisotopic (exact) mass is 484 g/mol. The van der Waals surface area contributed by atoms with Gasteiger partial charge in [0.25, 0.3) is 0 Å². The number of nitrogens with one attached hydrogen (secondary N) is 1. The summed E-state index contributed by atoms with van der Waals surface area (Å²) >= 11 is 18.0. The molecule has 0 heterocycles. The molecule has 2 amide bonds. The van der Waals surface area contributed by atoms with Crippen LogP contribution in [0.15, 0.2) is 42.5 Å². The smallest absolute Gasteiger partial charge is 0.242 e. The molecule has 0 fully saturated rings. The highest BCUT2D eigenvalue weighted by molar-refractivity contribution is 6.42. The third-order valence-electron chi connectivity index (χ3n) is 4.55. The number of amides is 2. The highest BCUT2D eigenvalue weighted by Gasteiger charge is 2.26. The van der Waals surface area contributed by atoms with Gasteiger partial charge in [-0.15, -0.1) is 0 Å². The van der Waals surface area contributed by atoms with Gasteiger partial charge in [0.15, 0.2) is 0 Å². The molecule has 0 aromatic heterocycles. The Morgan fingerprint density at radius 3 is 2.29 bits per heavy atom. The number of hydrogen-bond acceptors (Lipinski definition) is 3. The van der Waals surface area contributed by atoms with Gasteiger partial charge in [0, 0.05) is 24.0 Å². The highest BCUT2D eigenvalue weighted by Crippen LogP contribution is 2.24. The molecular weight excluding hydrogens is 459 g/mol. The Hall–Kier alpha value is -1.95. The van der Waals surface area contributed by atoms with Gasteiger partial charge in [-0.2, -0.15) is 0 Å². The molecule has 0 aliphatic rings. The molecule has 2 rings (SSSR count). The summed E-state index contributed by atoms with van der Waals surface area (Å²) in [5.74, 6) is 0.340. The lowest BCUT2D eigenvalue weighted by atomic mass is 10.1. The number of carbonyl (C=O) groups excluding carboxylic acids is 2. The number of halogens is 3. The standard InChI is InChI=1S/C23H27Cl3N2O3/c1-15(2)27-23(30)16(3)28(14-17-6-11-20(25)21(26)13-17)22(29)5-4-12-31-19-9-7-18(24)8-10-19/h6-11,13,15-16H,4-5,12,14H2,1-3H3,(H,27,30)/t16-/m1/s1. The zero-order valence-electron chi connectivity index (χ0n) is 17.8. The molecule has 168 valence electrons. The number of hydrogen-bond donors (Lipinski definition) is 1. The molecule has 1 N–H and O–H groups in total. The van der Waals surface area contributed by atoms with Gasteiger partial charge in [-0.25, -0.2) is 0 Å². The van der Waals surface area contributed by atoms with E-state index in [1.807, 2.05) is 13.8 Å². The second-order valence-corrected chi connectivity index (χ2v) is 8.77. The molecular formula is C23H27Cl3N2O3. The normalized spacial score (nSPS) is 11.8. The number of rotatable bonds is 10. The van der Waals surface area contributed by atoms with Gasteiger partial charge in [0.1, 0.15) is 11.8 Å². The van der Waals surface area contributed by atoms with Crippen LogP contribution >= 0.6 is 34.8 Å². The lowest BCUT2D eigenvalue weighted by Gasteiger charge is -2.29. The van der Waals surface area contributed by atoms with Crippen LogP contribution in [0.1, 0.15) is 39.2 Å². The molecule has 0 radical (unpaired) electrons. The van der Waals surface area contributed by atoms with Crippen LogP contribution in [0, 0.1) is 0 Å². The fraction of sp³-hybridized carbons (Fsp3) is 0.391. The molecule has 0 aliphatic heterocycles. The SMILES string of the molecule is CC(C)NC(=O)[C@@H](C)N(Cc1ccc(Cl)c(Cl)c1)C(=O)CCCOc1ccc(Cl)cc1. The van der Waals surface area contributed by atoms with Crippen LogP contribution in [0.3, 0.4) is 0 Å². The second-order valence-electron chi connectivity index (χ2n) is 7.52. The van der Waals surface area contributed by atoms with Crippen LogP contribution < -0.4 is 10.1 Å². The van der Waals surface area contributed by atoms with E-state index in [4.69, 9.17) is 39.5 Å². The van der Waals surface area contributed by atoms with Crippen molar-refractivity contribution in [1.82, 2.24) is 10.2 Å². The predicted octanol–water partition coefficient (Wildman–Crippen LogP) is 5.75. The van der Waals surface area contributed by atoms with Gasteiger partial charge in [-0.05, 0) is 69.2 Å². The lowest BCUT2D eigenvalue weighted by Crippen LogP contribution is -2.49. The maximum Gasteiger partial charge on any atom is 0.242 e. The quantitative estimate of drug-likeness (QED) is 0.436. The maximum atomic E-state index is 13.0. The summed E-state index contributed by atoms with van der Waals surface area (Å²) in [7, 11) is 0. The first-order chi connectivity index (χ1) is 14.7. The molecule has 1 atom stereocenters. The number of benzene rings is 2. The average molecular weight is 486 g/mol. The van der Waals surface area contributed by atoms with Gasteiger partial charge in [0.2, 0.25) is 11.8 Å². The van der Waals surface area contributed by atoms with Crippen LogP contribution in [0.25, 0.3) is 0 Å². The van der Waals surface area contributed by atoms with Crippen LogP contribution in [-0.4, -0.2) is 35.4 Å². The molecule has 0 bridgehead atoms. The van der Waals surface area contributed by atoms with E-state index in [0.717, 1.165) is 5.56 Å².